The molecule has 3 aromatic heterocycles. The van der Waals surface area contributed by atoms with E-state index in [-0.39, 0.29) is 5.91 Å². The van der Waals surface area contributed by atoms with Crippen LogP contribution in [-0.2, 0) is 11.8 Å². The zero-order chi connectivity index (χ0) is 18.5. The molecule has 2 aliphatic rings. The summed E-state index contributed by atoms with van der Waals surface area (Å²) in [6.07, 6.45) is 8.70. The van der Waals surface area contributed by atoms with Crippen LogP contribution in [0.4, 0.5) is 0 Å². The smallest absolute Gasteiger partial charge is 0.245 e. The average Bonchev–Trinajstić information content (AvgIpc) is 3.16. The Morgan fingerprint density at radius 1 is 1.33 bits per heavy atom. The first-order valence-corrected chi connectivity index (χ1v) is 9.01. The Morgan fingerprint density at radius 2 is 2.15 bits per heavy atom. The summed E-state index contributed by atoms with van der Waals surface area (Å²) in [6, 6.07) is 1.90. The molecular weight excluding hydrogens is 344 g/mol. The van der Waals surface area contributed by atoms with Crippen LogP contribution in [0, 0.1) is 17.8 Å². The van der Waals surface area contributed by atoms with Crippen LogP contribution in [0.2, 0.25) is 0 Å². The molecule has 1 aliphatic heterocycles. The zero-order valence-corrected chi connectivity index (χ0v) is 15.0. The van der Waals surface area contributed by atoms with Crippen LogP contribution in [0.3, 0.4) is 0 Å². The minimum atomic E-state index is 0.0219. The van der Waals surface area contributed by atoms with Gasteiger partial charge in [-0.25, -0.2) is 9.50 Å². The van der Waals surface area contributed by atoms with Crippen LogP contribution in [-0.4, -0.2) is 54.9 Å². The molecule has 0 unspecified atom stereocenters. The Bertz CT molecular complexity index is 1030. The van der Waals surface area contributed by atoms with Crippen molar-refractivity contribution in [3.05, 3.63) is 43.5 Å². The number of hydrogen-bond acceptors (Lipinski definition) is 5. The number of rotatable bonds is 5. The van der Waals surface area contributed by atoms with Gasteiger partial charge in [-0.15, -0.1) is 0 Å². The number of likely N-dealkylation sites (tertiary alicyclic amines) is 1. The van der Waals surface area contributed by atoms with Crippen molar-refractivity contribution in [3.8, 4) is 17.1 Å². The maximum absolute atomic E-state index is 11.7. The topological polar surface area (TPSA) is 77.6 Å². The monoisotopic (exact) mass is 364 g/mol. The summed E-state index contributed by atoms with van der Waals surface area (Å²) < 4.78 is 9.63. The van der Waals surface area contributed by atoms with Gasteiger partial charge in [-0.2, -0.15) is 10.2 Å². The first-order valence-electron chi connectivity index (χ1n) is 9.01. The van der Waals surface area contributed by atoms with Gasteiger partial charge in [-0.1, -0.05) is 6.58 Å². The molecule has 4 heterocycles. The lowest BCUT2D eigenvalue weighted by Crippen LogP contribution is -2.30. The van der Waals surface area contributed by atoms with Crippen LogP contribution < -0.4 is 4.74 Å². The van der Waals surface area contributed by atoms with E-state index in [1.54, 1.807) is 21.6 Å². The van der Waals surface area contributed by atoms with Crippen molar-refractivity contribution in [2.75, 3.05) is 19.7 Å². The van der Waals surface area contributed by atoms with Gasteiger partial charge >= 0.3 is 0 Å². The van der Waals surface area contributed by atoms with E-state index in [4.69, 9.17) is 9.72 Å². The SMILES string of the molecule is C=CC(=O)N1C[C@H]2C(COc3nc(-c4cnn(C)c4)cn4nccc34)[C@@H]2C1. The maximum atomic E-state index is 11.7. The van der Waals surface area contributed by atoms with E-state index < -0.39 is 0 Å². The molecule has 1 amide bonds. The number of amides is 1. The predicted octanol–water partition coefficient (Wildman–Crippen LogP) is 1.40. The Hall–Kier alpha value is -3.16. The van der Waals surface area contributed by atoms with E-state index in [0.29, 0.717) is 30.2 Å². The summed E-state index contributed by atoms with van der Waals surface area (Å²) >= 11 is 0. The van der Waals surface area contributed by atoms with Crippen molar-refractivity contribution in [1.82, 2.24) is 29.3 Å². The van der Waals surface area contributed by atoms with Gasteiger partial charge in [-0.05, 0) is 24.0 Å². The Labute approximate surface area is 156 Å². The van der Waals surface area contributed by atoms with Crippen molar-refractivity contribution in [2.45, 2.75) is 0 Å². The lowest BCUT2D eigenvalue weighted by Gasteiger charge is -2.18. The second-order valence-electron chi connectivity index (χ2n) is 7.24. The van der Waals surface area contributed by atoms with Crippen molar-refractivity contribution < 1.29 is 9.53 Å². The summed E-state index contributed by atoms with van der Waals surface area (Å²) in [7, 11) is 1.87. The molecule has 1 saturated heterocycles. The quantitative estimate of drug-likeness (QED) is 0.640. The van der Waals surface area contributed by atoms with Crippen molar-refractivity contribution in [2.24, 2.45) is 24.8 Å². The number of aryl methyl sites for hydroxylation is 1. The molecule has 0 bridgehead atoms. The van der Waals surface area contributed by atoms with E-state index in [0.717, 1.165) is 29.9 Å². The highest BCUT2D eigenvalue weighted by atomic mass is 16.5. The molecule has 0 radical (unpaired) electrons. The van der Waals surface area contributed by atoms with Gasteiger partial charge in [0.05, 0.1) is 30.9 Å². The Balaban J connectivity index is 1.32. The molecule has 0 aromatic carbocycles. The van der Waals surface area contributed by atoms with Crippen molar-refractivity contribution in [1.29, 1.82) is 0 Å². The Morgan fingerprint density at radius 3 is 2.85 bits per heavy atom. The van der Waals surface area contributed by atoms with Gasteiger partial charge in [0.25, 0.3) is 0 Å². The number of fused-ring (bicyclic) bond motifs is 2. The van der Waals surface area contributed by atoms with Crippen LogP contribution in [0.15, 0.2) is 43.5 Å². The number of piperidine rings is 1. The average molecular weight is 364 g/mol. The van der Waals surface area contributed by atoms with Crippen molar-refractivity contribution in [3.63, 3.8) is 0 Å². The van der Waals surface area contributed by atoms with Crippen LogP contribution >= 0.6 is 0 Å². The molecule has 1 aliphatic carbocycles. The normalized spacial score (nSPS) is 23.4. The van der Waals surface area contributed by atoms with E-state index >= 15 is 0 Å². The molecule has 0 spiro atoms. The second-order valence-corrected chi connectivity index (χ2v) is 7.24. The van der Waals surface area contributed by atoms with Crippen LogP contribution in [0.25, 0.3) is 16.8 Å². The van der Waals surface area contributed by atoms with Gasteiger partial charge in [0.15, 0.2) is 0 Å². The van der Waals surface area contributed by atoms with E-state index in [2.05, 4.69) is 16.8 Å². The summed E-state index contributed by atoms with van der Waals surface area (Å²) in [5, 5.41) is 8.54. The Kier molecular flexibility index (Phi) is 3.53. The predicted molar refractivity (Wildman–Crippen MR) is 97.9 cm³/mol. The number of nitrogens with zero attached hydrogens (tertiary/aromatic N) is 6. The first-order chi connectivity index (χ1) is 13.1. The van der Waals surface area contributed by atoms with E-state index in [9.17, 15) is 4.79 Å². The van der Waals surface area contributed by atoms with Gasteiger partial charge in [-0.3, -0.25) is 9.48 Å². The fourth-order valence-corrected chi connectivity index (χ4v) is 4.08. The first kappa shape index (κ1) is 16.0. The molecule has 8 heteroatoms. The molecule has 0 N–H and O–H groups in total. The lowest BCUT2D eigenvalue weighted by atomic mass is 10.2. The molecule has 138 valence electrons. The summed E-state index contributed by atoms with van der Waals surface area (Å²) in [4.78, 5) is 18.3. The van der Waals surface area contributed by atoms with Gasteiger partial charge in [0.2, 0.25) is 11.8 Å². The highest BCUT2D eigenvalue weighted by Gasteiger charge is 2.56. The number of carbonyl (C=O) groups is 1. The lowest BCUT2D eigenvalue weighted by molar-refractivity contribution is -0.125. The molecular formula is C19H20N6O2. The molecule has 2 fully saturated rings. The number of hydrogen-bond donors (Lipinski definition) is 0. The number of ether oxygens (including phenoxy) is 1. The van der Waals surface area contributed by atoms with Gasteiger partial charge in [0, 0.05) is 37.8 Å². The fourth-order valence-electron chi connectivity index (χ4n) is 4.08. The van der Waals surface area contributed by atoms with Crippen LogP contribution in [0.1, 0.15) is 0 Å². The highest BCUT2D eigenvalue weighted by Crippen LogP contribution is 2.51. The maximum Gasteiger partial charge on any atom is 0.245 e. The molecule has 1 saturated carbocycles. The molecule has 3 aromatic rings. The molecule has 2 atom stereocenters. The van der Waals surface area contributed by atoms with Gasteiger partial charge in [0.1, 0.15) is 5.52 Å². The third kappa shape index (κ3) is 2.68. The largest absolute Gasteiger partial charge is 0.476 e. The minimum absolute atomic E-state index is 0.0219. The third-order valence-corrected chi connectivity index (χ3v) is 5.63. The highest BCUT2D eigenvalue weighted by molar-refractivity contribution is 5.87. The minimum Gasteiger partial charge on any atom is -0.476 e. The standard InChI is InChI=1S/C19H20N6O2/c1-3-18(26)24-8-13-14(9-24)15(13)11-27-19-17-4-5-20-25(17)10-16(22-19)12-6-21-23(2)7-12/h3-7,10,13-15H,1,8-9,11H2,2H3/t13-,14-/m1/s1. The third-order valence-electron chi connectivity index (χ3n) is 5.63. The van der Waals surface area contributed by atoms with E-state index in [1.807, 2.05) is 30.4 Å². The van der Waals surface area contributed by atoms with E-state index in [1.165, 1.54) is 6.08 Å². The molecule has 27 heavy (non-hydrogen) atoms. The van der Waals surface area contributed by atoms with Crippen LogP contribution in [0.5, 0.6) is 5.88 Å². The zero-order valence-electron chi connectivity index (χ0n) is 15.0. The summed E-state index contributed by atoms with van der Waals surface area (Å²) in [6.45, 7) is 5.77. The summed E-state index contributed by atoms with van der Waals surface area (Å²) in [5.41, 5.74) is 2.53. The molecule has 8 nitrogen and oxygen atoms in total. The summed E-state index contributed by atoms with van der Waals surface area (Å²) in [5.74, 6) is 2.13. The van der Waals surface area contributed by atoms with Crippen molar-refractivity contribution >= 4 is 11.4 Å². The second kappa shape index (κ2) is 5.94. The fraction of sp³-hybridized carbons (Fsp3) is 0.368. The molecule has 5 rings (SSSR count). The number of aromatic nitrogens is 5. The van der Waals surface area contributed by atoms with Gasteiger partial charge < -0.3 is 9.64 Å². The number of carbonyl (C=O) groups excluding carboxylic acids is 1.